The van der Waals surface area contributed by atoms with E-state index < -0.39 is 0 Å². The Labute approximate surface area is 211 Å². The number of amides is 1. The molecule has 7 nitrogen and oxygen atoms in total. The molecule has 3 heterocycles. The van der Waals surface area contributed by atoms with Gasteiger partial charge >= 0.3 is 0 Å². The number of para-hydroxylation sites is 1. The normalized spacial score (nSPS) is 19.0. The largest absolute Gasteiger partial charge is 0.497 e. The Hall–Kier alpha value is -3.58. The van der Waals surface area contributed by atoms with Gasteiger partial charge in [0.25, 0.3) is 0 Å². The van der Waals surface area contributed by atoms with E-state index in [1.807, 2.05) is 24.4 Å². The molecule has 2 aromatic heterocycles. The molecule has 186 valence electrons. The average Bonchev–Trinajstić information content (AvgIpc) is 3.22. The first-order valence-corrected chi connectivity index (χ1v) is 12.9. The molecule has 1 amide bonds. The van der Waals surface area contributed by atoms with Crippen LogP contribution in [0.1, 0.15) is 30.4 Å². The summed E-state index contributed by atoms with van der Waals surface area (Å²) in [4.78, 5) is 18.7. The van der Waals surface area contributed by atoms with Crippen LogP contribution in [0.15, 0.2) is 60.9 Å². The van der Waals surface area contributed by atoms with Crippen molar-refractivity contribution in [2.24, 2.45) is 11.3 Å². The number of hydrogen-bond donors (Lipinski definition) is 3. The zero-order valence-corrected chi connectivity index (χ0v) is 20.7. The summed E-state index contributed by atoms with van der Waals surface area (Å²) in [5.74, 6) is 1.26. The highest BCUT2D eigenvalue weighted by molar-refractivity contribution is 5.84. The molecule has 1 aliphatic heterocycles. The number of rotatable bonds is 8. The molecule has 0 radical (unpaired) electrons. The number of aromatic amines is 2. The van der Waals surface area contributed by atoms with E-state index in [0.29, 0.717) is 6.54 Å². The summed E-state index contributed by atoms with van der Waals surface area (Å²) >= 11 is 0. The van der Waals surface area contributed by atoms with Gasteiger partial charge in [0.2, 0.25) is 5.91 Å². The van der Waals surface area contributed by atoms with E-state index >= 15 is 0 Å². The summed E-state index contributed by atoms with van der Waals surface area (Å²) in [7, 11) is 1.68. The van der Waals surface area contributed by atoms with Gasteiger partial charge in [-0.05, 0) is 80.1 Å². The Morgan fingerprint density at radius 2 is 1.94 bits per heavy atom. The molecule has 3 N–H and O–H groups in total. The van der Waals surface area contributed by atoms with Gasteiger partial charge in [-0.25, -0.2) is 0 Å². The van der Waals surface area contributed by atoms with Gasteiger partial charge in [-0.3, -0.25) is 14.8 Å². The molecule has 1 aliphatic carbocycles. The van der Waals surface area contributed by atoms with Crippen LogP contribution in [0, 0.1) is 11.3 Å². The monoisotopic (exact) mass is 483 g/mol. The minimum atomic E-state index is 0.173. The number of aromatic nitrogens is 3. The molecule has 1 saturated heterocycles. The van der Waals surface area contributed by atoms with Crippen molar-refractivity contribution in [3.05, 3.63) is 72.1 Å². The first kappa shape index (κ1) is 22.9. The van der Waals surface area contributed by atoms with Crippen molar-refractivity contribution in [3.63, 3.8) is 0 Å². The molecule has 36 heavy (non-hydrogen) atoms. The Kier molecular flexibility index (Phi) is 6.01. The Bertz CT molecular complexity index is 1350. The highest BCUT2D eigenvalue weighted by Gasteiger charge is 2.58. The minimum Gasteiger partial charge on any atom is -0.497 e. The molecule has 2 aromatic carbocycles. The molecule has 2 fully saturated rings. The van der Waals surface area contributed by atoms with Crippen LogP contribution in [0.2, 0.25) is 0 Å². The molecular formula is C29H33N5O2. The van der Waals surface area contributed by atoms with E-state index in [0.717, 1.165) is 67.8 Å². The smallest absolute Gasteiger partial charge is 0.223 e. The van der Waals surface area contributed by atoms with Crippen molar-refractivity contribution in [3.8, 4) is 17.0 Å². The number of carbonyl (C=O) groups excluding carboxylic acids is 1. The second-order valence-corrected chi connectivity index (χ2v) is 10.3. The fourth-order valence-corrected chi connectivity index (χ4v) is 5.89. The van der Waals surface area contributed by atoms with Crippen LogP contribution < -0.4 is 10.1 Å². The number of benzene rings is 2. The number of carbonyl (C=O) groups is 1. The molecule has 1 atom stereocenters. The predicted molar refractivity (Wildman–Crippen MR) is 141 cm³/mol. The number of fused-ring (bicyclic) bond motifs is 1. The van der Waals surface area contributed by atoms with Crippen molar-refractivity contribution < 1.29 is 9.53 Å². The summed E-state index contributed by atoms with van der Waals surface area (Å²) in [6, 6.07) is 16.4. The lowest BCUT2D eigenvalue weighted by atomic mass is 9.90. The third-order valence-electron chi connectivity index (χ3n) is 8.22. The van der Waals surface area contributed by atoms with E-state index in [1.54, 1.807) is 7.11 Å². The third kappa shape index (κ3) is 4.39. The fraction of sp³-hybridized carbons (Fsp3) is 0.379. The van der Waals surface area contributed by atoms with E-state index in [9.17, 15) is 4.79 Å². The summed E-state index contributed by atoms with van der Waals surface area (Å²) in [5, 5.41) is 11.9. The highest BCUT2D eigenvalue weighted by atomic mass is 16.5. The van der Waals surface area contributed by atoms with Crippen LogP contribution in [0.25, 0.3) is 22.2 Å². The van der Waals surface area contributed by atoms with E-state index in [1.165, 1.54) is 16.5 Å². The number of likely N-dealkylation sites (tertiary alicyclic amines) is 1. The predicted octanol–water partition coefficient (Wildman–Crippen LogP) is 4.53. The van der Waals surface area contributed by atoms with Crippen LogP contribution in [-0.2, 0) is 17.8 Å². The zero-order chi connectivity index (χ0) is 24.5. The molecule has 0 bridgehead atoms. The van der Waals surface area contributed by atoms with Gasteiger partial charge in [-0.1, -0.05) is 18.2 Å². The van der Waals surface area contributed by atoms with Gasteiger partial charge in [-0.15, -0.1) is 0 Å². The van der Waals surface area contributed by atoms with Crippen LogP contribution in [0.5, 0.6) is 5.75 Å². The summed E-state index contributed by atoms with van der Waals surface area (Å²) in [6.07, 6.45) is 8.05. The SMILES string of the molecule is COc1ccc(-c2[nH]ncc2CN2CCC3(CC2)C[C@H]3C(=O)NCCc2c[nH]c3ccccc23)cc1. The molecule has 6 rings (SSSR count). The van der Waals surface area contributed by atoms with Crippen molar-refractivity contribution >= 4 is 16.8 Å². The minimum absolute atomic E-state index is 0.173. The molecule has 1 saturated carbocycles. The number of piperidine rings is 1. The van der Waals surface area contributed by atoms with Crippen LogP contribution >= 0.6 is 0 Å². The Balaban J connectivity index is 0.990. The maximum absolute atomic E-state index is 12.9. The first-order valence-electron chi connectivity index (χ1n) is 12.9. The van der Waals surface area contributed by atoms with E-state index in [-0.39, 0.29) is 17.2 Å². The summed E-state index contributed by atoms with van der Waals surface area (Å²) in [5.41, 5.74) is 6.01. The number of hydrogen-bond acceptors (Lipinski definition) is 4. The average molecular weight is 484 g/mol. The van der Waals surface area contributed by atoms with Gasteiger partial charge in [0, 0.05) is 47.2 Å². The Morgan fingerprint density at radius 3 is 2.75 bits per heavy atom. The van der Waals surface area contributed by atoms with Crippen molar-refractivity contribution in [1.29, 1.82) is 0 Å². The molecule has 2 aliphatic rings. The van der Waals surface area contributed by atoms with E-state index in [4.69, 9.17) is 4.74 Å². The summed E-state index contributed by atoms with van der Waals surface area (Å²) in [6.45, 7) is 3.60. The van der Waals surface area contributed by atoms with Gasteiger partial charge in [0.05, 0.1) is 19.0 Å². The van der Waals surface area contributed by atoms with E-state index in [2.05, 4.69) is 61.9 Å². The van der Waals surface area contributed by atoms with Crippen LogP contribution in [0.3, 0.4) is 0 Å². The number of H-pyrrole nitrogens is 2. The Morgan fingerprint density at radius 1 is 1.14 bits per heavy atom. The van der Waals surface area contributed by atoms with Gasteiger partial charge in [0.1, 0.15) is 5.75 Å². The maximum atomic E-state index is 12.9. The number of nitrogens with one attached hydrogen (secondary N) is 3. The van der Waals surface area contributed by atoms with Crippen molar-refractivity contribution in [1.82, 2.24) is 25.4 Å². The molecule has 0 unspecified atom stereocenters. The maximum Gasteiger partial charge on any atom is 0.223 e. The fourth-order valence-electron chi connectivity index (χ4n) is 5.89. The van der Waals surface area contributed by atoms with Crippen LogP contribution in [-0.4, -0.2) is 52.7 Å². The second-order valence-electron chi connectivity index (χ2n) is 10.3. The first-order chi connectivity index (χ1) is 17.6. The third-order valence-corrected chi connectivity index (χ3v) is 8.22. The number of ether oxygens (including phenoxy) is 1. The molecule has 4 aromatic rings. The van der Waals surface area contributed by atoms with Crippen molar-refractivity contribution in [2.75, 3.05) is 26.7 Å². The lowest BCUT2D eigenvalue weighted by Gasteiger charge is -2.32. The molecule has 7 heteroatoms. The molecule has 1 spiro atoms. The highest BCUT2D eigenvalue weighted by Crippen LogP contribution is 2.59. The van der Waals surface area contributed by atoms with Gasteiger partial charge in [0.15, 0.2) is 0 Å². The quantitative estimate of drug-likeness (QED) is 0.344. The standard InChI is InChI=1S/C29H33N5O2/c1-36-23-8-6-20(7-9-23)27-22(18-32-33-27)19-34-14-11-29(12-15-34)16-25(29)28(35)30-13-10-21-17-31-26-5-3-2-4-24(21)26/h2-9,17-18,25,31H,10-16,19H2,1H3,(H,30,35)(H,32,33)/t25-/m0/s1. The van der Waals surface area contributed by atoms with Gasteiger partial charge < -0.3 is 15.0 Å². The topological polar surface area (TPSA) is 86.0 Å². The number of nitrogens with zero attached hydrogens (tertiary/aromatic N) is 2. The molecular weight excluding hydrogens is 450 g/mol. The lowest BCUT2D eigenvalue weighted by Crippen LogP contribution is -2.37. The summed E-state index contributed by atoms with van der Waals surface area (Å²) < 4.78 is 5.28. The van der Waals surface area contributed by atoms with Crippen LogP contribution in [0.4, 0.5) is 0 Å². The second kappa shape index (κ2) is 9.47. The number of methoxy groups -OCH3 is 1. The van der Waals surface area contributed by atoms with Gasteiger partial charge in [-0.2, -0.15) is 5.10 Å². The zero-order valence-electron chi connectivity index (χ0n) is 20.7. The lowest BCUT2D eigenvalue weighted by molar-refractivity contribution is -0.123. The van der Waals surface area contributed by atoms with Crippen molar-refractivity contribution in [2.45, 2.75) is 32.2 Å².